The average molecular weight is 459 g/mol. The van der Waals surface area contributed by atoms with Crippen molar-refractivity contribution in [3.63, 3.8) is 0 Å². The van der Waals surface area contributed by atoms with E-state index in [-0.39, 0.29) is 5.91 Å². The van der Waals surface area contributed by atoms with Crippen molar-refractivity contribution in [3.8, 4) is 6.07 Å². The number of halogens is 3. The van der Waals surface area contributed by atoms with Crippen molar-refractivity contribution in [2.45, 2.75) is 43.9 Å². The van der Waals surface area contributed by atoms with Gasteiger partial charge in [-0.05, 0) is 67.1 Å². The summed E-state index contributed by atoms with van der Waals surface area (Å²) in [6.07, 6.45) is -1.11. The summed E-state index contributed by atoms with van der Waals surface area (Å²) >= 11 is 0. The van der Waals surface area contributed by atoms with E-state index in [1.54, 1.807) is 12.1 Å². The monoisotopic (exact) mass is 459 g/mol. The van der Waals surface area contributed by atoms with E-state index >= 15 is 0 Å². The van der Waals surface area contributed by atoms with Crippen LogP contribution in [0.4, 0.5) is 13.2 Å². The Balaban J connectivity index is 0.000000383. The number of hydrogen-bond donors (Lipinski definition) is 3. The summed E-state index contributed by atoms with van der Waals surface area (Å²) in [6.45, 7) is 1.58. The zero-order valence-electron chi connectivity index (χ0n) is 17.7. The van der Waals surface area contributed by atoms with Gasteiger partial charge in [0.25, 0.3) is 5.91 Å². The fourth-order valence-electron chi connectivity index (χ4n) is 3.35. The summed E-state index contributed by atoms with van der Waals surface area (Å²) in [5.74, 6) is -1.33. The number of alkyl halides is 3. The first-order chi connectivity index (χ1) is 15.7. The number of carbonyl (C=O) groups excluding carboxylic acids is 1. The van der Waals surface area contributed by atoms with Gasteiger partial charge in [-0.3, -0.25) is 4.79 Å². The molecular formula is C24H24F3N3O3. The Bertz CT molecular complexity index is 1030. The fourth-order valence-corrected chi connectivity index (χ4v) is 3.35. The van der Waals surface area contributed by atoms with Crippen molar-refractivity contribution in [1.82, 2.24) is 10.6 Å². The molecule has 9 heteroatoms. The zero-order chi connectivity index (χ0) is 24.0. The minimum atomic E-state index is -5.08. The highest BCUT2D eigenvalue weighted by Crippen LogP contribution is 2.41. The topological polar surface area (TPSA) is 102 Å². The van der Waals surface area contributed by atoms with Crippen molar-refractivity contribution < 1.29 is 27.9 Å². The summed E-state index contributed by atoms with van der Waals surface area (Å²) < 4.78 is 31.7. The Morgan fingerprint density at radius 1 is 1.12 bits per heavy atom. The normalized spacial score (nSPS) is 19.0. The van der Waals surface area contributed by atoms with Gasteiger partial charge in [-0.1, -0.05) is 24.3 Å². The molecule has 0 aliphatic heterocycles. The van der Waals surface area contributed by atoms with Gasteiger partial charge in [0.15, 0.2) is 0 Å². The second kappa shape index (κ2) is 10.5. The van der Waals surface area contributed by atoms with Crippen LogP contribution >= 0.6 is 0 Å². The van der Waals surface area contributed by atoms with Gasteiger partial charge in [0.1, 0.15) is 0 Å². The molecule has 2 aromatic carbocycles. The van der Waals surface area contributed by atoms with E-state index in [4.69, 9.17) is 15.2 Å². The van der Waals surface area contributed by atoms with E-state index in [2.05, 4.69) is 28.8 Å². The quantitative estimate of drug-likeness (QED) is 0.581. The third-order valence-electron chi connectivity index (χ3n) is 5.51. The number of nitriles is 1. The number of carboxylic acids is 1. The minimum absolute atomic E-state index is 0.0851. The second-order valence-electron chi connectivity index (χ2n) is 8.22. The van der Waals surface area contributed by atoms with E-state index in [0.717, 1.165) is 18.0 Å². The third-order valence-corrected chi connectivity index (χ3v) is 5.51. The van der Waals surface area contributed by atoms with Crippen LogP contribution in [-0.2, 0) is 11.3 Å². The van der Waals surface area contributed by atoms with Gasteiger partial charge in [0.2, 0.25) is 0 Å². The number of nitrogens with one attached hydrogen (secondary N) is 2. The van der Waals surface area contributed by atoms with E-state index in [0.29, 0.717) is 29.6 Å². The molecule has 3 N–H and O–H groups in total. The van der Waals surface area contributed by atoms with Crippen LogP contribution in [-0.4, -0.2) is 35.7 Å². The van der Waals surface area contributed by atoms with Gasteiger partial charge < -0.3 is 15.7 Å². The van der Waals surface area contributed by atoms with Gasteiger partial charge in [-0.25, -0.2) is 4.79 Å². The molecule has 174 valence electrons. The summed E-state index contributed by atoms with van der Waals surface area (Å²) in [6, 6.07) is 18.0. The van der Waals surface area contributed by atoms with Gasteiger partial charge in [0.05, 0.1) is 11.6 Å². The Labute approximate surface area is 189 Å². The Morgan fingerprint density at radius 2 is 1.79 bits per heavy atom. The molecule has 2 aromatic rings. The number of hydrogen-bond acceptors (Lipinski definition) is 4. The molecule has 1 amide bonds. The summed E-state index contributed by atoms with van der Waals surface area (Å²) in [4.78, 5) is 21.2. The van der Waals surface area contributed by atoms with E-state index in [1.807, 2.05) is 24.3 Å². The molecular weight excluding hydrogens is 435 g/mol. The molecule has 4 rings (SSSR count). The van der Waals surface area contributed by atoms with E-state index in [9.17, 15) is 18.0 Å². The average Bonchev–Trinajstić information content (AvgIpc) is 3.71. The molecule has 2 saturated carbocycles. The number of benzene rings is 2. The highest BCUT2D eigenvalue weighted by molar-refractivity contribution is 5.94. The number of rotatable bonds is 7. The largest absolute Gasteiger partial charge is 0.490 e. The summed E-state index contributed by atoms with van der Waals surface area (Å²) in [7, 11) is 0. The molecule has 0 heterocycles. The maximum absolute atomic E-state index is 12.3. The fraction of sp³-hybridized carbons (Fsp3) is 0.375. The van der Waals surface area contributed by atoms with Crippen LogP contribution in [0.1, 0.15) is 52.2 Å². The predicted molar refractivity (Wildman–Crippen MR) is 114 cm³/mol. The molecule has 2 atom stereocenters. The van der Waals surface area contributed by atoms with Crippen molar-refractivity contribution in [2.24, 2.45) is 5.92 Å². The van der Waals surface area contributed by atoms with E-state index in [1.165, 1.54) is 24.8 Å². The standard InChI is InChI=1S/C22H23N3O.C2HF3O2/c23-12-16-2-1-3-17(10-16)14-25-22(26)19-8-6-18(7-9-19)20-11-21(20)24-13-15-4-5-15;3-2(4,5)1(6)7/h1-3,6-10,15,20-21,24H,4-5,11,13-14H2,(H,25,26);(H,6,7)/t20-,21+;/m0./s1. The van der Waals surface area contributed by atoms with Crippen LogP contribution < -0.4 is 10.6 Å². The Morgan fingerprint density at radius 3 is 2.36 bits per heavy atom. The number of carboxylic acid groups (broad SMARTS) is 1. The number of amides is 1. The lowest BCUT2D eigenvalue weighted by molar-refractivity contribution is -0.192. The SMILES string of the molecule is N#Cc1cccc(CNC(=O)c2ccc([C@@H]3C[C@H]3NCC3CC3)cc2)c1.O=C(O)C(F)(F)F. The van der Waals surface area contributed by atoms with Crippen LogP contribution in [0.15, 0.2) is 48.5 Å². The lowest BCUT2D eigenvalue weighted by Crippen LogP contribution is -2.22. The molecule has 2 aliphatic carbocycles. The first-order valence-electron chi connectivity index (χ1n) is 10.6. The minimum Gasteiger partial charge on any atom is -0.475 e. The Hall–Kier alpha value is -3.38. The zero-order valence-corrected chi connectivity index (χ0v) is 17.7. The van der Waals surface area contributed by atoms with Crippen molar-refractivity contribution in [2.75, 3.05) is 6.54 Å². The first kappa shape index (κ1) is 24.3. The number of carbonyl (C=O) groups is 2. The summed E-state index contributed by atoms with van der Waals surface area (Å²) in [5.41, 5.74) is 3.52. The predicted octanol–water partition coefficient (Wildman–Crippen LogP) is 3.98. The molecule has 0 bridgehead atoms. The van der Waals surface area contributed by atoms with Crippen LogP contribution in [0.2, 0.25) is 0 Å². The van der Waals surface area contributed by atoms with Gasteiger partial charge in [0, 0.05) is 24.1 Å². The highest BCUT2D eigenvalue weighted by Gasteiger charge is 2.39. The molecule has 0 aromatic heterocycles. The molecule has 2 fully saturated rings. The molecule has 0 spiro atoms. The van der Waals surface area contributed by atoms with Crippen LogP contribution in [0.3, 0.4) is 0 Å². The maximum atomic E-state index is 12.3. The van der Waals surface area contributed by atoms with Crippen LogP contribution in [0.25, 0.3) is 0 Å². The lowest BCUT2D eigenvalue weighted by Gasteiger charge is -2.07. The smallest absolute Gasteiger partial charge is 0.475 e. The number of aliphatic carboxylic acids is 1. The molecule has 0 radical (unpaired) electrons. The van der Waals surface area contributed by atoms with Crippen LogP contribution in [0, 0.1) is 17.2 Å². The first-order valence-corrected chi connectivity index (χ1v) is 10.6. The van der Waals surface area contributed by atoms with Crippen molar-refractivity contribution in [3.05, 3.63) is 70.8 Å². The second-order valence-corrected chi connectivity index (χ2v) is 8.22. The van der Waals surface area contributed by atoms with Crippen molar-refractivity contribution >= 4 is 11.9 Å². The Kier molecular flexibility index (Phi) is 7.71. The maximum Gasteiger partial charge on any atom is 0.490 e. The van der Waals surface area contributed by atoms with E-state index < -0.39 is 12.1 Å². The van der Waals surface area contributed by atoms with Gasteiger partial charge in [-0.2, -0.15) is 18.4 Å². The number of nitrogens with zero attached hydrogens (tertiary/aromatic N) is 1. The van der Waals surface area contributed by atoms with Crippen LogP contribution in [0.5, 0.6) is 0 Å². The molecule has 2 aliphatic rings. The highest BCUT2D eigenvalue weighted by atomic mass is 19.4. The van der Waals surface area contributed by atoms with Gasteiger partial charge >= 0.3 is 12.1 Å². The van der Waals surface area contributed by atoms with Crippen molar-refractivity contribution in [1.29, 1.82) is 5.26 Å². The molecule has 0 unspecified atom stereocenters. The molecule has 6 nitrogen and oxygen atoms in total. The molecule has 0 saturated heterocycles. The van der Waals surface area contributed by atoms with Gasteiger partial charge in [-0.15, -0.1) is 0 Å². The molecule has 33 heavy (non-hydrogen) atoms. The third kappa shape index (κ3) is 7.61. The lowest BCUT2D eigenvalue weighted by atomic mass is 10.1. The summed E-state index contributed by atoms with van der Waals surface area (Å²) in [5, 5.41) is 22.6.